The highest BCUT2D eigenvalue weighted by Gasteiger charge is 2.19. The summed E-state index contributed by atoms with van der Waals surface area (Å²) in [6, 6.07) is -0.215. The second-order valence-corrected chi connectivity index (χ2v) is 7.02. The predicted molar refractivity (Wildman–Crippen MR) is 70.5 cm³/mol. The molecule has 0 bridgehead atoms. The van der Waals surface area contributed by atoms with E-state index in [-0.39, 0.29) is 17.4 Å². The standard InChI is InChI=1S/C11H24N2O3S/c1-5-13(7-8-14)10(15)12-6-9-17(16)11(2,3)4/h14H,5-9H2,1-4H3,(H,12,15). The van der Waals surface area contributed by atoms with Crippen LogP contribution in [0.1, 0.15) is 27.7 Å². The molecule has 1 atom stereocenters. The summed E-state index contributed by atoms with van der Waals surface area (Å²) >= 11 is 0. The van der Waals surface area contributed by atoms with Crippen LogP contribution < -0.4 is 5.32 Å². The lowest BCUT2D eigenvalue weighted by Gasteiger charge is -2.21. The van der Waals surface area contributed by atoms with Crippen LogP contribution in [0.2, 0.25) is 0 Å². The SMILES string of the molecule is CCN(CCO)C(=O)NCCS(=O)C(C)(C)C. The highest BCUT2D eigenvalue weighted by molar-refractivity contribution is 7.86. The molecule has 0 fully saturated rings. The van der Waals surface area contributed by atoms with E-state index in [0.29, 0.717) is 25.4 Å². The van der Waals surface area contributed by atoms with Gasteiger partial charge in [0.15, 0.2) is 0 Å². The van der Waals surface area contributed by atoms with Gasteiger partial charge in [0, 0.05) is 40.9 Å². The van der Waals surface area contributed by atoms with Crippen molar-refractivity contribution in [2.45, 2.75) is 32.4 Å². The molecule has 102 valence electrons. The zero-order valence-corrected chi connectivity index (χ0v) is 12.0. The van der Waals surface area contributed by atoms with Gasteiger partial charge >= 0.3 is 6.03 Å². The zero-order valence-electron chi connectivity index (χ0n) is 11.2. The third-order valence-corrected chi connectivity index (χ3v) is 4.23. The summed E-state index contributed by atoms with van der Waals surface area (Å²) in [5.74, 6) is 0.450. The molecule has 1 unspecified atom stereocenters. The van der Waals surface area contributed by atoms with Crippen molar-refractivity contribution in [3.05, 3.63) is 0 Å². The molecule has 2 N–H and O–H groups in total. The number of likely N-dealkylation sites (N-methyl/N-ethyl adjacent to an activating group) is 1. The molecule has 0 spiro atoms. The van der Waals surface area contributed by atoms with Crippen molar-refractivity contribution < 1.29 is 14.1 Å². The van der Waals surface area contributed by atoms with Gasteiger partial charge in [0.1, 0.15) is 0 Å². The highest BCUT2D eigenvalue weighted by Crippen LogP contribution is 2.10. The van der Waals surface area contributed by atoms with Crippen molar-refractivity contribution in [3.63, 3.8) is 0 Å². The molecular weight excluding hydrogens is 240 g/mol. The van der Waals surface area contributed by atoms with E-state index in [4.69, 9.17) is 5.11 Å². The quantitative estimate of drug-likeness (QED) is 0.736. The number of rotatable bonds is 6. The minimum Gasteiger partial charge on any atom is -0.395 e. The average Bonchev–Trinajstić information content (AvgIpc) is 2.24. The first-order valence-corrected chi connectivity index (χ1v) is 7.17. The van der Waals surface area contributed by atoms with Gasteiger partial charge in [-0.05, 0) is 27.7 Å². The number of hydrogen-bond acceptors (Lipinski definition) is 3. The van der Waals surface area contributed by atoms with Crippen LogP contribution in [0.25, 0.3) is 0 Å². The lowest BCUT2D eigenvalue weighted by Crippen LogP contribution is -2.43. The normalized spacial score (nSPS) is 13.2. The Hall–Kier alpha value is -0.620. The average molecular weight is 264 g/mol. The summed E-state index contributed by atoms with van der Waals surface area (Å²) in [7, 11) is -0.955. The zero-order chi connectivity index (χ0) is 13.5. The Balaban J connectivity index is 3.96. The number of nitrogens with one attached hydrogen (secondary N) is 1. The minimum atomic E-state index is -0.955. The molecule has 0 aromatic carbocycles. The Bertz CT molecular complexity index is 264. The Morgan fingerprint density at radius 1 is 1.41 bits per heavy atom. The first-order valence-electron chi connectivity index (χ1n) is 5.85. The van der Waals surface area contributed by atoms with E-state index in [1.54, 1.807) is 0 Å². The summed E-state index contributed by atoms with van der Waals surface area (Å²) < 4.78 is 11.5. The van der Waals surface area contributed by atoms with E-state index in [9.17, 15) is 9.00 Å². The fraction of sp³-hybridized carbons (Fsp3) is 0.909. The minimum absolute atomic E-state index is 0.0464. The summed E-state index contributed by atoms with van der Waals surface area (Å²) in [5.41, 5.74) is 0. The third-order valence-electron chi connectivity index (χ3n) is 2.29. The van der Waals surface area contributed by atoms with Crippen LogP contribution in [-0.2, 0) is 10.8 Å². The number of nitrogens with zero attached hydrogens (tertiary/aromatic N) is 1. The number of hydrogen-bond donors (Lipinski definition) is 2. The van der Waals surface area contributed by atoms with E-state index >= 15 is 0 Å². The summed E-state index contributed by atoms with van der Waals surface area (Å²) in [4.78, 5) is 13.1. The van der Waals surface area contributed by atoms with Crippen molar-refractivity contribution in [2.24, 2.45) is 0 Å². The van der Waals surface area contributed by atoms with Crippen LogP contribution in [-0.4, -0.2) is 57.0 Å². The summed E-state index contributed by atoms with van der Waals surface area (Å²) in [6.45, 7) is 8.81. The molecule has 0 aromatic rings. The van der Waals surface area contributed by atoms with Gasteiger partial charge in [-0.1, -0.05) is 0 Å². The van der Waals surface area contributed by atoms with Gasteiger partial charge in [-0.15, -0.1) is 0 Å². The molecule has 6 heteroatoms. The number of urea groups is 1. The Morgan fingerprint density at radius 2 is 2.00 bits per heavy atom. The van der Waals surface area contributed by atoms with Crippen molar-refractivity contribution >= 4 is 16.8 Å². The molecule has 0 radical (unpaired) electrons. The Morgan fingerprint density at radius 3 is 2.41 bits per heavy atom. The monoisotopic (exact) mass is 264 g/mol. The number of carbonyl (C=O) groups is 1. The maximum Gasteiger partial charge on any atom is 0.317 e. The molecule has 17 heavy (non-hydrogen) atoms. The lowest BCUT2D eigenvalue weighted by atomic mass is 10.3. The van der Waals surface area contributed by atoms with Crippen molar-refractivity contribution in [2.75, 3.05) is 32.0 Å². The van der Waals surface area contributed by atoms with Gasteiger partial charge in [0.25, 0.3) is 0 Å². The van der Waals surface area contributed by atoms with E-state index in [2.05, 4.69) is 5.32 Å². The van der Waals surface area contributed by atoms with E-state index in [0.717, 1.165) is 0 Å². The first kappa shape index (κ1) is 16.4. The molecule has 0 aliphatic heterocycles. The van der Waals surface area contributed by atoms with Gasteiger partial charge in [0.2, 0.25) is 0 Å². The van der Waals surface area contributed by atoms with E-state index in [1.807, 2.05) is 27.7 Å². The van der Waals surface area contributed by atoms with E-state index in [1.165, 1.54) is 4.90 Å². The molecule has 0 heterocycles. The smallest absolute Gasteiger partial charge is 0.317 e. The van der Waals surface area contributed by atoms with Crippen LogP contribution in [0.15, 0.2) is 0 Å². The predicted octanol–water partition coefficient (Wildman–Crippen LogP) is 0.557. The molecule has 5 nitrogen and oxygen atoms in total. The number of amides is 2. The van der Waals surface area contributed by atoms with Gasteiger partial charge in [-0.2, -0.15) is 0 Å². The summed E-state index contributed by atoms with van der Waals surface area (Å²) in [5, 5.41) is 11.5. The third kappa shape index (κ3) is 6.63. The van der Waals surface area contributed by atoms with Crippen LogP contribution >= 0.6 is 0 Å². The summed E-state index contributed by atoms with van der Waals surface area (Å²) in [6.07, 6.45) is 0. The van der Waals surface area contributed by atoms with Gasteiger partial charge in [0.05, 0.1) is 6.61 Å². The van der Waals surface area contributed by atoms with Crippen LogP contribution in [0.4, 0.5) is 4.79 Å². The largest absolute Gasteiger partial charge is 0.395 e. The highest BCUT2D eigenvalue weighted by atomic mass is 32.2. The number of aliphatic hydroxyl groups is 1. The van der Waals surface area contributed by atoms with Crippen molar-refractivity contribution in [3.8, 4) is 0 Å². The van der Waals surface area contributed by atoms with Crippen LogP contribution in [0.3, 0.4) is 0 Å². The second kappa shape index (κ2) is 7.66. The molecule has 0 rings (SSSR count). The lowest BCUT2D eigenvalue weighted by molar-refractivity contribution is 0.181. The van der Waals surface area contributed by atoms with Crippen molar-refractivity contribution in [1.29, 1.82) is 0 Å². The Labute approximate surface area is 106 Å². The Kier molecular flexibility index (Phi) is 7.38. The van der Waals surface area contributed by atoms with Crippen molar-refractivity contribution in [1.82, 2.24) is 10.2 Å². The maximum atomic E-state index is 11.7. The first-order chi connectivity index (χ1) is 7.82. The maximum absolute atomic E-state index is 11.7. The number of aliphatic hydroxyl groups excluding tert-OH is 1. The topological polar surface area (TPSA) is 69.6 Å². The molecular formula is C11H24N2O3S. The molecule has 0 aliphatic carbocycles. The van der Waals surface area contributed by atoms with Crippen LogP contribution in [0, 0.1) is 0 Å². The van der Waals surface area contributed by atoms with Gasteiger partial charge < -0.3 is 15.3 Å². The molecule has 0 saturated heterocycles. The fourth-order valence-corrected chi connectivity index (χ4v) is 2.09. The van der Waals surface area contributed by atoms with Gasteiger partial charge in [-0.25, -0.2) is 4.79 Å². The molecule has 0 aliphatic rings. The fourth-order valence-electron chi connectivity index (χ4n) is 1.19. The molecule has 0 aromatic heterocycles. The number of carbonyl (C=O) groups excluding carboxylic acids is 1. The molecule has 2 amide bonds. The van der Waals surface area contributed by atoms with Gasteiger partial charge in [-0.3, -0.25) is 4.21 Å². The second-order valence-electron chi connectivity index (χ2n) is 4.70. The van der Waals surface area contributed by atoms with E-state index < -0.39 is 10.8 Å². The van der Waals surface area contributed by atoms with Crippen LogP contribution in [0.5, 0.6) is 0 Å². The molecule has 0 saturated carbocycles.